The first kappa shape index (κ1) is 16.5. The van der Waals surface area contributed by atoms with E-state index in [1.807, 2.05) is 0 Å². The molecule has 2 aromatic carbocycles. The average Bonchev–Trinajstić information content (AvgIpc) is 2.49. The third-order valence-electron chi connectivity index (χ3n) is 3.24. The van der Waals surface area contributed by atoms with Gasteiger partial charge < -0.3 is 5.11 Å². The second kappa shape index (κ2) is 6.51. The molecular formula is C15H15F2NO3S. The van der Waals surface area contributed by atoms with Crippen LogP contribution >= 0.6 is 0 Å². The Bertz CT molecular complexity index is 791. The molecule has 0 aliphatic heterocycles. The van der Waals surface area contributed by atoms with Gasteiger partial charge >= 0.3 is 0 Å². The van der Waals surface area contributed by atoms with Gasteiger partial charge in [0.05, 0.1) is 6.61 Å². The van der Waals surface area contributed by atoms with Crippen LogP contribution in [0.25, 0.3) is 0 Å². The van der Waals surface area contributed by atoms with Gasteiger partial charge in [0.15, 0.2) is 0 Å². The van der Waals surface area contributed by atoms with E-state index in [9.17, 15) is 22.3 Å². The van der Waals surface area contributed by atoms with Crippen molar-refractivity contribution < 1.29 is 22.3 Å². The minimum Gasteiger partial charge on any atom is -0.392 e. The Morgan fingerprint density at radius 1 is 1.09 bits per heavy atom. The van der Waals surface area contributed by atoms with Gasteiger partial charge in [0.2, 0.25) is 10.0 Å². The minimum atomic E-state index is -4.13. The average molecular weight is 327 g/mol. The van der Waals surface area contributed by atoms with E-state index in [4.69, 9.17) is 0 Å². The van der Waals surface area contributed by atoms with Crippen molar-refractivity contribution >= 4 is 10.0 Å². The van der Waals surface area contributed by atoms with Crippen LogP contribution in [0.5, 0.6) is 0 Å². The fourth-order valence-electron chi connectivity index (χ4n) is 1.97. The van der Waals surface area contributed by atoms with E-state index in [-0.39, 0.29) is 18.7 Å². The first-order valence-corrected chi connectivity index (χ1v) is 7.96. The normalized spacial score (nSPS) is 11.6. The van der Waals surface area contributed by atoms with Gasteiger partial charge in [-0.05, 0) is 29.7 Å². The van der Waals surface area contributed by atoms with E-state index in [0.717, 1.165) is 6.07 Å². The molecule has 22 heavy (non-hydrogen) atoms. The Kier molecular flexibility index (Phi) is 4.90. The number of halogens is 2. The van der Waals surface area contributed by atoms with Crippen LogP contribution in [-0.2, 0) is 23.2 Å². The third-order valence-corrected chi connectivity index (χ3v) is 4.66. The van der Waals surface area contributed by atoms with Gasteiger partial charge in [-0.25, -0.2) is 21.9 Å². The lowest BCUT2D eigenvalue weighted by Crippen LogP contribution is -2.25. The van der Waals surface area contributed by atoms with Gasteiger partial charge in [0, 0.05) is 12.6 Å². The maximum absolute atomic E-state index is 13.7. The molecule has 0 saturated heterocycles. The predicted octanol–water partition coefficient (Wildman–Crippen LogP) is 2.24. The van der Waals surface area contributed by atoms with E-state index in [2.05, 4.69) is 4.72 Å². The number of sulfonamides is 1. The molecule has 118 valence electrons. The quantitative estimate of drug-likeness (QED) is 0.885. The molecule has 7 heteroatoms. The van der Waals surface area contributed by atoms with Crippen molar-refractivity contribution in [2.75, 3.05) is 0 Å². The number of aliphatic hydroxyl groups excluding tert-OH is 1. The Morgan fingerprint density at radius 2 is 1.73 bits per heavy atom. The fourth-order valence-corrected chi connectivity index (χ4v) is 3.12. The van der Waals surface area contributed by atoms with Crippen molar-refractivity contribution in [2.24, 2.45) is 0 Å². The number of hydrogen-bond acceptors (Lipinski definition) is 3. The number of rotatable bonds is 5. The summed E-state index contributed by atoms with van der Waals surface area (Å²) < 4.78 is 53.5. The molecule has 2 rings (SSSR count). The molecule has 2 aromatic rings. The highest BCUT2D eigenvalue weighted by Gasteiger charge is 2.21. The van der Waals surface area contributed by atoms with Crippen molar-refractivity contribution in [3.63, 3.8) is 0 Å². The van der Waals surface area contributed by atoms with Crippen molar-refractivity contribution in [3.8, 4) is 0 Å². The minimum absolute atomic E-state index is 0.0394. The maximum Gasteiger partial charge on any atom is 0.243 e. The van der Waals surface area contributed by atoms with Crippen molar-refractivity contribution in [2.45, 2.75) is 25.0 Å². The maximum atomic E-state index is 13.7. The monoisotopic (exact) mass is 327 g/mol. The van der Waals surface area contributed by atoms with Crippen LogP contribution in [0.3, 0.4) is 0 Å². The summed E-state index contributed by atoms with van der Waals surface area (Å²) in [5.41, 5.74) is 1.19. The summed E-state index contributed by atoms with van der Waals surface area (Å²) in [5, 5.41) is 9.20. The summed E-state index contributed by atoms with van der Waals surface area (Å²) in [4.78, 5) is -0.604. The first-order valence-electron chi connectivity index (χ1n) is 6.48. The van der Waals surface area contributed by atoms with Crippen LogP contribution < -0.4 is 4.72 Å². The molecule has 0 aromatic heterocycles. The zero-order valence-electron chi connectivity index (χ0n) is 11.8. The van der Waals surface area contributed by atoms with Crippen LogP contribution in [0.2, 0.25) is 0 Å². The molecule has 0 amide bonds. The third kappa shape index (κ3) is 3.49. The molecule has 0 bridgehead atoms. The number of aryl methyl sites for hydroxylation is 1. The SMILES string of the molecule is Cc1cc(S(=O)(=O)NCc2ccccc2CO)c(F)cc1F. The summed E-state index contributed by atoms with van der Waals surface area (Å²) in [6.45, 7) is 1.02. The van der Waals surface area contributed by atoms with Gasteiger partial charge in [0.25, 0.3) is 0 Å². The molecule has 0 unspecified atom stereocenters. The largest absolute Gasteiger partial charge is 0.392 e. The fraction of sp³-hybridized carbons (Fsp3) is 0.200. The van der Waals surface area contributed by atoms with Gasteiger partial charge in [-0.2, -0.15) is 0 Å². The molecule has 4 nitrogen and oxygen atoms in total. The van der Waals surface area contributed by atoms with Gasteiger partial charge in [-0.15, -0.1) is 0 Å². The zero-order valence-corrected chi connectivity index (χ0v) is 12.6. The summed E-state index contributed by atoms with van der Waals surface area (Å²) in [5.74, 6) is -1.95. The van der Waals surface area contributed by atoms with Crippen LogP contribution in [-0.4, -0.2) is 13.5 Å². The summed E-state index contributed by atoms with van der Waals surface area (Å²) >= 11 is 0. The lowest BCUT2D eigenvalue weighted by Gasteiger charge is -2.11. The Morgan fingerprint density at radius 3 is 2.36 bits per heavy atom. The molecule has 2 N–H and O–H groups in total. The number of hydrogen-bond donors (Lipinski definition) is 2. The highest BCUT2D eigenvalue weighted by atomic mass is 32.2. The highest BCUT2D eigenvalue weighted by molar-refractivity contribution is 7.89. The van der Waals surface area contributed by atoms with Crippen LogP contribution in [0.1, 0.15) is 16.7 Å². The van der Waals surface area contributed by atoms with Gasteiger partial charge in [0.1, 0.15) is 16.5 Å². The van der Waals surface area contributed by atoms with Crippen molar-refractivity contribution in [1.82, 2.24) is 4.72 Å². The van der Waals surface area contributed by atoms with Crippen molar-refractivity contribution in [3.05, 3.63) is 64.7 Å². The Labute approximate surface area is 127 Å². The summed E-state index contributed by atoms with van der Waals surface area (Å²) in [7, 11) is -4.13. The van der Waals surface area contributed by atoms with Gasteiger partial charge in [-0.1, -0.05) is 24.3 Å². The lowest BCUT2D eigenvalue weighted by atomic mass is 10.1. The Hall–Kier alpha value is -1.83. The molecular weight excluding hydrogens is 312 g/mol. The predicted molar refractivity (Wildman–Crippen MR) is 77.5 cm³/mol. The van der Waals surface area contributed by atoms with E-state index < -0.39 is 26.6 Å². The Balaban J connectivity index is 2.27. The van der Waals surface area contributed by atoms with Crippen LogP contribution in [0.15, 0.2) is 41.3 Å². The summed E-state index contributed by atoms with van der Waals surface area (Å²) in [6, 6.07) is 8.22. The standard InChI is InChI=1S/C15H15F2NO3S/c1-10-6-15(14(17)7-13(10)16)22(20,21)18-8-11-4-2-3-5-12(11)9-19/h2-7,18-19H,8-9H2,1H3. The van der Waals surface area contributed by atoms with Crippen LogP contribution in [0, 0.1) is 18.6 Å². The molecule has 0 spiro atoms. The van der Waals surface area contributed by atoms with E-state index >= 15 is 0 Å². The smallest absolute Gasteiger partial charge is 0.243 e. The number of benzene rings is 2. The first-order chi connectivity index (χ1) is 10.3. The summed E-state index contributed by atoms with van der Waals surface area (Å²) in [6.07, 6.45) is 0. The number of nitrogens with one attached hydrogen (secondary N) is 1. The van der Waals surface area contributed by atoms with E-state index in [0.29, 0.717) is 17.2 Å². The second-order valence-electron chi connectivity index (χ2n) is 4.78. The molecule has 0 aliphatic carbocycles. The topological polar surface area (TPSA) is 66.4 Å². The second-order valence-corrected chi connectivity index (χ2v) is 6.52. The van der Waals surface area contributed by atoms with Crippen LogP contribution in [0.4, 0.5) is 8.78 Å². The van der Waals surface area contributed by atoms with E-state index in [1.165, 1.54) is 6.92 Å². The lowest BCUT2D eigenvalue weighted by molar-refractivity contribution is 0.280. The number of aliphatic hydroxyl groups is 1. The van der Waals surface area contributed by atoms with Gasteiger partial charge in [-0.3, -0.25) is 0 Å². The van der Waals surface area contributed by atoms with Crippen molar-refractivity contribution in [1.29, 1.82) is 0 Å². The zero-order chi connectivity index (χ0) is 16.3. The molecule has 0 atom stereocenters. The highest BCUT2D eigenvalue weighted by Crippen LogP contribution is 2.19. The molecule has 0 heterocycles. The van der Waals surface area contributed by atoms with E-state index in [1.54, 1.807) is 24.3 Å². The molecule has 0 saturated carbocycles. The molecule has 0 fully saturated rings. The molecule has 0 radical (unpaired) electrons. The molecule has 0 aliphatic rings.